The second-order valence-electron chi connectivity index (χ2n) is 14.0. The molecule has 45 heavy (non-hydrogen) atoms. The molecule has 0 radical (unpaired) electrons. The number of benzene rings is 1. The Bertz CT molecular complexity index is 1430. The molecule has 1 aromatic carbocycles. The van der Waals surface area contributed by atoms with Gasteiger partial charge in [-0.1, -0.05) is 56.5 Å². The average Bonchev–Trinajstić information content (AvgIpc) is 3.55. The number of carbonyl (C=O) groups is 1. The second-order valence-corrected chi connectivity index (χ2v) is 14.8. The normalized spacial score (nSPS) is 22.5. The minimum Gasteiger partial charge on any atom is -0.428 e. The van der Waals surface area contributed by atoms with Crippen molar-refractivity contribution in [3.8, 4) is 0 Å². The Kier molecular flexibility index (Phi) is 10.9. The molecule has 10 heteroatoms. The summed E-state index contributed by atoms with van der Waals surface area (Å²) in [6.07, 6.45) is 12.6. The van der Waals surface area contributed by atoms with Crippen LogP contribution < -0.4 is 10.6 Å². The molecule has 0 unspecified atom stereocenters. The Balaban J connectivity index is 1.49. The summed E-state index contributed by atoms with van der Waals surface area (Å²) in [5.74, 6) is -0.375. The van der Waals surface area contributed by atoms with E-state index >= 15 is 4.39 Å². The number of nitrogens with zero attached hydrogens (tertiary/aromatic N) is 3. The van der Waals surface area contributed by atoms with E-state index in [2.05, 4.69) is 46.6 Å². The number of rotatable bonds is 11. The number of hydrogen-bond acceptors (Lipinski definition) is 6. The highest BCUT2D eigenvalue weighted by Gasteiger charge is 2.43. The summed E-state index contributed by atoms with van der Waals surface area (Å²) in [6, 6.07) is 6.71. The van der Waals surface area contributed by atoms with Crippen molar-refractivity contribution >= 4 is 29.1 Å². The summed E-state index contributed by atoms with van der Waals surface area (Å²) in [4.78, 5) is 18.6. The maximum atomic E-state index is 15.9. The summed E-state index contributed by atoms with van der Waals surface area (Å²) < 4.78 is 21.4. The van der Waals surface area contributed by atoms with Crippen LogP contribution in [0.3, 0.4) is 0 Å². The third kappa shape index (κ3) is 8.25. The van der Waals surface area contributed by atoms with Crippen molar-refractivity contribution in [3.63, 3.8) is 0 Å². The van der Waals surface area contributed by atoms with Crippen molar-refractivity contribution in [2.24, 2.45) is 5.41 Å². The monoisotopic (exact) mass is 657 g/mol. The number of halogens is 3. The number of hydrogen-bond donors (Lipinski definition) is 2. The molecule has 2 aliphatic rings. The van der Waals surface area contributed by atoms with Crippen LogP contribution in [0.4, 0.5) is 4.39 Å². The van der Waals surface area contributed by atoms with Gasteiger partial charge in [0.05, 0.1) is 6.04 Å². The molecule has 2 saturated carbocycles. The van der Waals surface area contributed by atoms with Crippen molar-refractivity contribution in [1.82, 2.24) is 25.8 Å². The summed E-state index contributed by atoms with van der Waals surface area (Å²) >= 11 is 12.6. The molecule has 2 aromatic heterocycles. The Labute approximate surface area is 276 Å². The molecule has 2 N–H and O–H groups in total. The first-order valence-corrected chi connectivity index (χ1v) is 17.1. The molecule has 5 rings (SSSR count). The van der Waals surface area contributed by atoms with E-state index < -0.39 is 17.8 Å². The van der Waals surface area contributed by atoms with Crippen molar-refractivity contribution < 1.29 is 13.6 Å². The van der Waals surface area contributed by atoms with Crippen LogP contribution >= 0.6 is 23.2 Å². The fourth-order valence-corrected chi connectivity index (χ4v) is 7.81. The van der Waals surface area contributed by atoms with Gasteiger partial charge in [-0.3, -0.25) is 10.1 Å². The zero-order chi connectivity index (χ0) is 32.2. The van der Waals surface area contributed by atoms with E-state index in [-0.39, 0.29) is 34.0 Å². The predicted octanol–water partition coefficient (Wildman–Crippen LogP) is 8.49. The van der Waals surface area contributed by atoms with Gasteiger partial charge in [-0.2, -0.15) is 0 Å². The van der Waals surface area contributed by atoms with Gasteiger partial charge in [-0.25, -0.2) is 9.37 Å². The Morgan fingerprint density at radius 3 is 2.49 bits per heavy atom. The van der Waals surface area contributed by atoms with Crippen molar-refractivity contribution in [3.05, 3.63) is 75.4 Å². The predicted molar refractivity (Wildman–Crippen MR) is 176 cm³/mol. The van der Waals surface area contributed by atoms with Gasteiger partial charge >= 0.3 is 0 Å². The van der Waals surface area contributed by atoms with E-state index in [0.29, 0.717) is 22.9 Å². The molecule has 2 heterocycles. The number of amides is 1. The smallest absolute Gasteiger partial charge is 0.238 e. The highest BCUT2D eigenvalue weighted by molar-refractivity contribution is 6.30. The largest absolute Gasteiger partial charge is 0.428 e. The maximum Gasteiger partial charge on any atom is 0.238 e. The highest BCUT2D eigenvalue weighted by atomic mass is 35.5. The van der Waals surface area contributed by atoms with Gasteiger partial charge in [0.15, 0.2) is 11.0 Å². The lowest BCUT2D eigenvalue weighted by atomic mass is 9.67. The quantitative estimate of drug-likeness (QED) is 0.201. The molecule has 2 fully saturated rings. The van der Waals surface area contributed by atoms with E-state index in [0.717, 1.165) is 75.3 Å². The summed E-state index contributed by atoms with van der Waals surface area (Å²) in [6.45, 7) is 8.83. The minimum atomic E-state index is -0.700. The molecule has 2 aliphatic carbocycles. The third-order valence-electron chi connectivity index (χ3n) is 10.3. The van der Waals surface area contributed by atoms with Crippen molar-refractivity contribution in [1.29, 1.82) is 0 Å². The van der Waals surface area contributed by atoms with Crippen molar-refractivity contribution in [2.45, 2.75) is 128 Å². The average molecular weight is 659 g/mol. The van der Waals surface area contributed by atoms with Crippen LogP contribution in [0.2, 0.25) is 10.2 Å². The first kappa shape index (κ1) is 33.8. The topological polar surface area (TPSA) is 92.9 Å². The molecule has 0 bridgehead atoms. The fourth-order valence-electron chi connectivity index (χ4n) is 7.42. The zero-order valence-electron chi connectivity index (χ0n) is 26.8. The van der Waals surface area contributed by atoms with E-state index in [4.69, 9.17) is 27.6 Å². The van der Waals surface area contributed by atoms with Crippen LogP contribution in [0.25, 0.3) is 0 Å². The van der Waals surface area contributed by atoms with Gasteiger partial charge in [-0.15, -0.1) is 10.2 Å². The number of pyridine rings is 1. The fraction of sp³-hybridized carbons (Fsp3) is 0.600. The number of carbonyl (C=O) groups excluding carboxylic acids is 1. The van der Waals surface area contributed by atoms with Crippen LogP contribution in [-0.4, -0.2) is 38.7 Å². The lowest BCUT2D eigenvalue weighted by Crippen LogP contribution is -2.60. The van der Waals surface area contributed by atoms with Crippen LogP contribution in [0.1, 0.15) is 119 Å². The molecule has 0 aliphatic heterocycles. The van der Waals surface area contributed by atoms with Crippen LogP contribution in [0.5, 0.6) is 0 Å². The number of aryl methyl sites for hydroxylation is 1. The Hall–Kier alpha value is -2.55. The lowest BCUT2D eigenvalue weighted by molar-refractivity contribution is -0.125. The van der Waals surface area contributed by atoms with E-state index in [1.165, 1.54) is 12.6 Å². The zero-order valence-corrected chi connectivity index (χ0v) is 28.4. The standard InChI is InChI=1S/C35H46Cl2FN5O2/c1-5-13-35(16-14-34(3,4)15-17-35)42-30(32(44)41-26-10-7-23(8-11-26)33-43-40-21-45-33)28(27-12-18-39-31(37)29(27)38)20-24-6-9-25(36)19-22(24)2/h6,9,12,18-19,21,23,26,28,30,42H,5,7-8,10-11,13-17,20H2,1-4H3,(H,41,44)/t23?,26?,28-,30+/m0/s1. The van der Waals surface area contributed by atoms with E-state index in [1.54, 1.807) is 6.07 Å². The van der Waals surface area contributed by atoms with E-state index in [1.807, 2.05) is 25.1 Å². The van der Waals surface area contributed by atoms with Crippen LogP contribution in [0.15, 0.2) is 41.3 Å². The Morgan fingerprint density at radius 1 is 1.11 bits per heavy atom. The Morgan fingerprint density at radius 2 is 1.84 bits per heavy atom. The van der Waals surface area contributed by atoms with Gasteiger partial charge in [0, 0.05) is 34.6 Å². The molecule has 0 saturated heterocycles. The molecule has 2 atom stereocenters. The molecular weight excluding hydrogens is 612 g/mol. The molecular formula is C35H46Cl2FN5O2. The van der Waals surface area contributed by atoms with Gasteiger partial charge in [0.2, 0.25) is 18.2 Å². The second kappa shape index (κ2) is 14.5. The van der Waals surface area contributed by atoms with Gasteiger partial charge < -0.3 is 9.73 Å². The van der Waals surface area contributed by atoms with Crippen LogP contribution in [0, 0.1) is 18.2 Å². The number of nitrogens with one attached hydrogen (secondary N) is 2. The third-order valence-corrected chi connectivity index (χ3v) is 10.8. The SMILES string of the molecule is CCCC1(N[C@@H](C(=O)NC2CCC(c3nnco3)CC2)[C@@H](Cc2ccc(Cl)cc2C)c2ccnc(Cl)c2F)CCC(C)(C)CC1. The molecule has 3 aromatic rings. The van der Waals surface area contributed by atoms with Gasteiger partial charge in [0.25, 0.3) is 0 Å². The van der Waals surface area contributed by atoms with Crippen molar-refractivity contribution in [2.75, 3.05) is 0 Å². The highest BCUT2D eigenvalue weighted by Crippen LogP contribution is 2.44. The molecule has 1 amide bonds. The maximum absolute atomic E-state index is 15.9. The number of aromatic nitrogens is 3. The summed E-state index contributed by atoms with van der Waals surface area (Å²) in [7, 11) is 0. The molecule has 244 valence electrons. The first-order valence-electron chi connectivity index (χ1n) is 16.4. The van der Waals surface area contributed by atoms with Gasteiger partial charge in [-0.05, 0) is 111 Å². The summed E-state index contributed by atoms with van der Waals surface area (Å²) in [5.41, 5.74) is 2.40. The van der Waals surface area contributed by atoms with Gasteiger partial charge in [0.1, 0.15) is 0 Å². The molecule has 7 nitrogen and oxygen atoms in total. The lowest BCUT2D eigenvalue weighted by Gasteiger charge is -2.47. The minimum absolute atomic E-state index is 0.00261. The molecule has 0 spiro atoms. The first-order chi connectivity index (χ1) is 21.5. The summed E-state index contributed by atoms with van der Waals surface area (Å²) in [5, 5.41) is 15.7. The van der Waals surface area contributed by atoms with Crippen LogP contribution in [-0.2, 0) is 11.2 Å². The van der Waals surface area contributed by atoms with E-state index in [9.17, 15) is 4.79 Å².